The SMILES string of the molecule is CCC(C(=O)NC1CCCCC1)N(Cc1ccccc1)C(=O)CN(c1ccc(F)c(F)c1)S(C)(=O)=O. The predicted molar refractivity (Wildman–Crippen MR) is 135 cm³/mol. The van der Waals surface area contributed by atoms with Crippen LogP contribution in [0.25, 0.3) is 0 Å². The lowest BCUT2D eigenvalue weighted by Gasteiger charge is -2.34. The lowest BCUT2D eigenvalue weighted by Crippen LogP contribution is -2.53. The summed E-state index contributed by atoms with van der Waals surface area (Å²) >= 11 is 0. The summed E-state index contributed by atoms with van der Waals surface area (Å²) in [6, 6.07) is 10.9. The molecule has 10 heteroatoms. The summed E-state index contributed by atoms with van der Waals surface area (Å²) in [6.45, 7) is 1.22. The highest BCUT2D eigenvalue weighted by molar-refractivity contribution is 7.92. The van der Waals surface area contributed by atoms with Crippen LogP contribution in [0.15, 0.2) is 48.5 Å². The van der Waals surface area contributed by atoms with Crippen molar-refractivity contribution >= 4 is 27.5 Å². The van der Waals surface area contributed by atoms with Gasteiger partial charge in [0, 0.05) is 18.7 Å². The monoisotopic (exact) mass is 521 g/mol. The molecule has 1 saturated carbocycles. The van der Waals surface area contributed by atoms with Crippen molar-refractivity contribution < 1.29 is 26.8 Å². The van der Waals surface area contributed by atoms with Crippen molar-refractivity contribution in [1.29, 1.82) is 0 Å². The summed E-state index contributed by atoms with van der Waals surface area (Å²) in [7, 11) is -4.03. The van der Waals surface area contributed by atoms with Gasteiger partial charge >= 0.3 is 0 Å². The van der Waals surface area contributed by atoms with Crippen molar-refractivity contribution in [2.24, 2.45) is 0 Å². The normalized spacial score (nSPS) is 15.2. The molecule has 2 aromatic carbocycles. The molecule has 7 nitrogen and oxygen atoms in total. The van der Waals surface area contributed by atoms with Gasteiger partial charge in [0.15, 0.2) is 11.6 Å². The third kappa shape index (κ3) is 7.25. The first-order valence-corrected chi connectivity index (χ1v) is 14.0. The molecule has 1 aliphatic carbocycles. The van der Waals surface area contributed by atoms with E-state index in [1.165, 1.54) is 4.90 Å². The molecule has 1 atom stereocenters. The van der Waals surface area contributed by atoms with E-state index in [2.05, 4.69) is 5.32 Å². The van der Waals surface area contributed by atoms with Crippen LogP contribution < -0.4 is 9.62 Å². The number of nitrogens with zero attached hydrogens (tertiary/aromatic N) is 2. The Labute approximate surface area is 211 Å². The van der Waals surface area contributed by atoms with E-state index in [4.69, 9.17) is 0 Å². The molecule has 0 radical (unpaired) electrons. The third-order valence-electron chi connectivity index (χ3n) is 6.40. The second-order valence-electron chi connectivity index (χ2n) is 9.14. The van der Waals surface area contributed by atoms with E-state index in [9.17, 15) is 26.8 Å². The molecule has 0 aromatic heterocycles. The molecule has 1 aliphatic rings. The number of hydrogen-bond acceptors (Lipinski definition) is 4. The fraction of sp³-hybridized carbons (Fsp3) is 0.462. The van der Waals surface area contributed by atoms with Gasteiger partial charge in [0.25, 0.3) is 0 Å². The van der Waals surface area contributed by atoms with Crippen molar-refractivity contribution in [3.05, 3.63) is 65.7 Å². The summed E-state index contributed by atoms with van der Waals surface area (Å²) in [5, 5.41) is 3.06. The highest BCUT2D eigenvalue weighted by Crippen LogP contribution is 2.23. The summed E-state index contributed by atoms with van der Waals surface area (Å²) in [5.41, 5.74) is 0.595. The van der Waals surface area contributed by atoms with Crippen LogP contribution in [0.4, 0.5) is 14.5 Å². The average Bonchev–Trinajstić information content (AvgIpc) is 2.84. The highest BCUT2D eigenvalue weighted by Gasteiger charge is 2.33. The maximum Gasteiger partial charge on any atom is 0.244 e. The van der Waals surface area contributed by atoms with Crippen molar-refractivity contribution in [1.82, 2.24) is 10.2 Å². The number of nitrogens with one attached hydrogen (secondary N) is 1. The van der Waals surface area contributed by atoms with Gasteiger partial charge in [-0.05, 0) is 37.0 Å². The van der Waals surface area contributed by atoms with Gasteiger partial charge in [0.2, 0.25) is 21.8 Å². The molecule has 3 rings (SSSR count). The molecule has 0 aliphatic heterocycles. The number of rotatable bonds is 10. The maximum absolute atomic E-state index is 13.9. The zero-order valence-electron chi connectivity index (χ0n) is 20.6. The maximum atomic E-state index is 13.9. The van der Waals surface area contributed by atoms with Gasteiger partial charge in [-0.3, -0.25) is 13.9 Å². The molecule has 2 aromatic rings. The van der Waals surface area contributed by atoms with Crippen molar-refractivity contribution in [3.8, 4) is 0 Å². The highest BCUT2D eigenvalue weighted by atomic mass is 32.2. The number of sulfonamides is 1. The Bertz CT molecular complexity index is 1160. The van der Waals surface area contributed by atoms with E-state index in [1.54, 1.807) is 6.92 Å². The Balaban J connectivity index is 1.90. The van der Waals surface area contributed by atoms with Crippen LogP contribution in [-0.4, -0.2) is 50.0 Å². The Kier molecular flexibility index (Phi) is 9.42. The van der Waals surface area contributed by atoms with Crippen molar-refractivity contribution in [3.63, 3.8) is 0 Å². The molecular weight excluding hydrogens is 488 g/mol. The number of anilines is 1. The number of carbonyl (C=O) groups excluding carboxylic acids is 2. The first-order valence-electron chi connectivity index (χ1n) is 12.2. The first kappa shape index (κ1) is 27.6. The predicted octanol–water partition coefficient (Wildman–Crippen LogP) is 3.99. The molecule has 36 heavy (non-hydrogen) atoms. The number of benzene rings is 2. The second kappa shape index (κ2) is 12.3. The van der Waals surface area contributed by atoms with Crippen molar-refractivity contribution in [2.75, 3.05) is 17.1 Å². The van der Waals surface area contributed by atoms with Crippen LogP contribution in [0, 0.1) is 11.6 Å². The summed E-state index contributed by atoms with van der Waals surface area (Å²) < 4.78 is 53.1. The molecule has 2 amide bonds. The van der Waals surface area contributed by atoms with Crippen LogP contribution in [0.3, 0.4) is 0 Å². The zero-order chi connectivity index (χ0) is 26.3. The minimum atomic E-state index is -4.03. The zero-order valence-corrected chi connectivity index (χ0v) is 21.4. The fourth-order valence-electron chi connectivity index (χ4n) is 4.50. The molecule has 196 valence electrons. The minimum absolute atomic E-state index is 0.0451. The van der Waals surface area contributed by atoms with Crippen LogP contribution in [0.2, 0.25) is 0 Å². The summed E-state index contributed by atoms with van der Waals surface area (Å²) in [6.07, 6.45) is 6.17. The smallest absolute Gasteiger partial charge is 0.244 e. The van der Waals surface area contributed by atoms with Gasteiger partial charge in [0.05, 0.1) is 11.9 Å². The minimum Gasteiger partial charge on any atom is -0.352 e. The number of carbonyl (C=O) groups is 2. The molecule has 1 unspecified atom stereocenters. The Morgan fingerprint density at radius 2 is 1.69 bits per heavy atom. The van der Waals surface area contributed by atoms with E-state index in [0.717, 1.165) is 66.4 Å². The van der Waals surface area contributed by atoms with Gasteiger partial charge in [-0.1, -0.05) is 56.5 Å². The molecule has 1 fully saturated rings. The van der Waals surface area contributed by atoms with Gasteiger partial charge in [-0.25, -0.2) is 17.2 Å². The molecule has 0 spiro atoms. The Hall–Kier alpha value is -3.01. The first-order chi connectivity index (χ1) is 17.1. The summed E-state index contributed by atoms with van der Waals surface area (Å²) in [5.74, 6) is -3.27. The van der Waals surface area contributed by atoms with Crippen LogP contribution in [0.5, 0.6) is 0 Å². The molecule has 0 bridgehead atoms. The summed E-state index contributed by atoms with van der Waals surface area (Å²) in [4.78, 5) is 28.3. The molecule has 1 N–H and O–H groups in total. The lowest BCUT2D eigenvalue weighted by molar-refractivity contribution is -0.140. The molecule has 0 saturated heterocycles. The number of hydrogen-bond donors (Lipinski definition) is 1. The average molecular weight is 522 g/mol. The lowest BCUT2D eigenvalue weighted by atomic mass is 9.95. The van der Waals surface area contributed by atoms with E-state index in [-0.39, 0.29) is 24.2 Å². The van der Waals surface area contributed by atoms with Gasteiger partial charge in [-0.15, -0.1) is 0 Å². The second-order valence-corrected chi connectivity index (χ2v) is 11.0. The van der Waals surface area contributed by atoms with Crippen LogP contribution >= 0.6 is 0 Å². The van der Waals surface area contributed by atoms with E-state index >= 15 is 0 Å². The number of halogens is 2. The van der Waals surface area contributed by atoms with Crippen LogP contribution in [-0.2, 0) is 26.2 Å². The quantitative estimate of drug-likeness (QED) is 0.512. The van der Waals surface area contributed by atoms with Crippen molar-refractivity contribution in [2.45, 2.75) is 64.1 Å². The van der Waals surface area contributed by atoms with Crippen LogP contribution in [0.1, 0.15) is 51.0 Å². The number of amides is 2. The Morgan fingerprint density at radius 3 is 2.28 bits per heavy atom. The van der Waals surface area contributed by atoms with Gasteiger partial charge < -0.3 is 10.2 Å². The third-order valence-corrected chi connectivity index (χ3v) is 7.54. The standard InChI is InChI=1S/C26H33F2N3O4S/c1-3-24(26(33)29-20-12-8-5-9-13-20)30(17-19-10-6-4-7-11-19)25(32)18-31(36(2,34)35)21-14-15-22(27)23(28)16-21/h4,6-7,10-11,14-16,20,24H,3,5,8-9,12-13,17-18H2,1-2H3,(H,29,33). The topological polar surface area (TPSA) is 86.8 Å². The molecular formula is C26H33F2N3O4S. The Morgan fingerprint density at radius 1 is 1.03 bits per heavy atom. The van der Waals surface area contributed by atoms with Gasteiger partial charge in [0.1, 0.15) is 12.6 Å². The fourth-order valence-corrected chi connectivity index (χ4v) is 5.34. The largest absolute Gasteiger partial charge is 0.352 e. The van der Waals surface area contributed by atoms with E-state index in [1.807, 2.05) is 30.3 Å². The van der Waals surface area contributed by atoms with E-state index in [0.29, 0.717) is 6.42 Å². The van der Waals surface area contributed by atoms with Gasteiger partial charge in [-0.2, -0.15) is 0 Å². The van der Waals surface area contributed by atoms with E-state index < -0.39 is 40.2 Å². The molecule has 0 heterocycles.